The minimum atomic E-state index is -3.27. The van der Waals surface area contributed by atoms with Gasteiger partial charge in [-0.15, -0.1) is 0 Å². The van der Waals surface area contributed by atoms with Gasteiger partial charge in [0.2, 0.25) is 15.9 Å². The molecular formula is C12H23N3O4S2. The summed E-state index contributed by atoms with van der Waals surface area (Å²) in [6.45, 7) is 1.65. The Labute approximate surface area is 130 Å². The lowest BCUT2D eigenvalue weighted by atomic mass is 10.2. The predicted octanol–water partition coefficient (Wildman–Crippen LogP) is -1.01. The molecule has 3 N–H and O–H groups in total. The number of amides is 1. The Morgan fingerprint density at radius 2 is 2.05 bits per heavy atom. The van der Waals surface area contributed by atoms with Crippen LogP contribution in [0.2, 0.25) is 0 Å². The van der Waals surface area contributed by atoms with Crippen LogP contribution >= 0.6 is 11.8 Å². The molecule has 2 aliphatic heterocycles. The molecule has 0 bridgehead atoms. The van der Waals surface area contributed by atoms with Crippen LogP contribution in [0.4, 0.5) is 0 Å². The second-order valence-electron chi connectivity index (χ2n) is 5.18. The maximum Gasteiger partial charge on any atom is 0.249 e. The third-order valence-corrected chi connectivity index (χ3v) is 6.50. The van der Waals surface area contributed by atoms with Crippen molar-refractivity contribution in [2.45, 2.75) is 25.0 Å². The van der Waals surface area contributed by atoms with Crippen molar-refractivity contribution in [2.24, 2.45) is 5.73 Å². The fourth-order valence-corrected chi connectivity index (χ4v) is 4.93. The number of thioether (sulfide) groups is 1. The number of hydrogen-bond donors (Lipinski definition) is 2. The summed E-state index contributed by atoms with van der Waals surface area (Å²) in [5.41, 5.74) is 5.49. The topological polar surface area (TPSA) is 102 Å². The Bertz CT molecular complexity index is 451. The molecule has 2 fully saturated rings. The third-order valence-electron chi connectivity index (χ3n) is 3.69. The molecule has 1 amide bonds. The van der Waals surface area contributed by atoms with Gasteiger partial charge in [-0.1, -0.05) is 0 Å². The van der Waals surface area contributed by atoms with Gasteiger partial charge in [0.05, 0.1) is 11.9 Å². The van der Waals surface area contributed by atoms with Crippen LogP contribution in [-0.2, 0) is 19.6 Å². The molecule has 0 aromatic carbocycles. The first-order valence-corrected chi connectivity index (χ1v) is 9.98. The van der Waals surface area contributed by atoms with Gasteiger partial charge in [-0.05, 0) is 12.8 Å². The van der Waals surface area contributed by atoms with Crippen molar-refractivity contribution < 1.29 is 17.9 Å². The van der Waals surface area contributed by atoms with Crippen LogP contribution in [0.1, 0.15) is 12.8 Å². The van der Waals surface area contributed by atoms with E-state index >= 15 is 0 Å². The van der Waals surface area contributed by atoms with Crippen LogP contribution in [-0.4, -0.2) is 74.3 Å². The molecule has 2 atom stereocenters. The molecule has 122 valence electrons. The maximum atomic E-state index is 12.1. The number of ether oxygens (including phenoxy) is 1. The molecule has 0 saturated carbocycles. The first-order chi connectivity index (χ1) is 10.0. The number of nitrogens with one attached hydrogen (secondary N) is 1. The first kappa shape index (κ1) is 17.0. The molecule has 2 saturated heterocycles. The average Bonchev–Trinajstić information content (AvgIpc) is 2.97. The van der Waals surface area contributed by atoms with Gasteiger partial charge in [0.1, 0.15) is 6.10 Å². The van der Waals surface area contributed by atoms with Gasteiger partial charge in [-0.3, -0.25) is 4.79 Å². The minimum Gasteiger partial charge on any atom is -0.364 e. The van der Waals surface area contributed by atoms with Gasteiger partial charge in [-0.25, -0.2) is 12.7 Å². The average molecular weight is 337 g/mol. The lowest BCUT2D eigenvalue weighted by Gasteiger charge is -2.25. The van der Waals surface area contributed by atoms with Crippen LogP contribution in [0.3, 0.4) is 0 Å². The Kier molecular flexibility index (Phi) is 6.30. The highest BCUT2D eigenvalue weighted by Crippen LogP contribution is 2.18. The van der Waals surface area contributed by atoms with Gasteiger partial charge in [0, 0.05) is 37.7 Å². The Hall–Kier alpha value is -0.350. The van der Waals surface area contributed by atoms with Crippen molar-refractivity contribution >= 4 is 27.7 Å². The van der Waals surface area contributed by atoms with Gasteiger partial charge in [0.15, 0.2) is 0 Å². The number of sulfonamides is 1. The highest BCUT2D eigenvalue weighted by Gasteiger charge is 2.30. The van der Waals surface area contributed by atoms with Crippen LogP contribution in [0.25, 0.3) is 0 Å². The molecule has 0 radical (unpaired) electrons. The quantitative estimate of drug-likeness (QED) is 0.644. The standard InChI is InChI=1S/C12H23N3O4S2/c13-9-10-1-2-11(19-10)12(16)14-3-8-21(17,18)15-4-6-20-7-5-15/h10-11H,1-9,13H2,(H,14,16)/t10-,11+/m1/s1. The van der Waals surface area contributed by atoms with Crippen LogP contribution in [0, 0.1) is 0 Å². The zero-order chi connectivity index (χ0) is 15.3. The van der Waals surface area contributed by atoms with Crippen molar-refractivity contribution in [1.82, 2.24) is 9.62 Å². The van der Waals surface area contributed by atoms with E-state index < -0.39 is 16.1 Å². The fraction of sp³-hybridized carbons (Fsp3) is 0.917. The largest absolute Gasteiger partial charge is 0.364 e. The summed E-state index contributed by atoms with van der Waals surface area (Å²) < 4.78 is 31.2. The maximum absolute atomic E-state index is 12.1. The van der Waals surface area contributed by atoms with Crippen molar-refractivity contribution in [3.05, 3.63) is 0 Å². The van der Waals surface area contributed by atoms with Crippen LogP contribution in [0.5, 0.6) is 0 Å². The second-order valence-corrected chi connectivity index (χ2v) is 8.49. The number of rotatable bonds is 6. The predicted molar refractivity (Wildman–Crippen MR) is 82.6 cm³/mol. The van der Waals surface area contributed by atoms with E-state index in [4.69, 9.17) is 10.5 Å². The van der Waals surface area contributed by atoms with Crippen LogP contribution < -0.4 is 11.1 Å². The lowest BCUT2D eigenvalue weighted by molar-refractivity contribution is -0.131. The molecule has 9 heteroatoms. The summed E-state index contributed by atoms with van der Waals surface area (Å²) >= 11 is 1.76. The Morgan fingerprint density at radius 1 is 1.33 bits per heavy atom. The molecule has 0 spiro atoms. The summed E-state index contributed by atoms with van der Waals surface area (Å²) in [7, 11) is -3.27. The zero-order valence-corrected chi connectivity index (χ0v) is 13.6. The summed E-state index contributed by atoms with van der Waals surface area (Å²) in [5, 5.41) is 2.65. The van der Waals surface area contributed by atoms with E-state index in [1.54, 1.807) is 11.8 Å². The second kappa shape index (κ2) is 7.77. The summed E-state index contributed by atoms with van der Waals surface area (Å²) in [5.74, 6) is 1.37. The van der Waals surface area contributed by atoms with Gasteiger partial charge < -0.3 is 15.8 Å². The van der Waals surface area contributed by atoms with E-state index in [0.717, 1.165) is 17.9 Å². The molecular weight excluding hydrogens is 314 g/mol. The van der Waals surface area contributed by atoms with E-state index in [-0.39, 0.29) is 24.3 Å². The van der Waals surface area contributed by atoms with E-state index in [1.165, 1.54) is 4.31 Å². The molecule has 0 aliphatic carbocycles. The van der Waals surface area contributed by atoms with Crippen molar-refractivity contribution in [1.29, 1.82) is 0 Å². The number of hydrogen-bond acceptors (Lipinski definition) is 6. The summed E-state index contributed by atoms with van der Waals surface area (Å²) in [6.07, 6.45) is 0.866. The Balaban J connectivity index is 1.72. The molecule has 2 heterocycles. The smallest absolute Gasteiger partial charge is 0.249 e. The number of nitrogens with two attached hydrogens (primary N) is 1. The van der Waals surface area contributed by atoms with Gasteiger partial charge in [-0.2, -0.15) is 11.8 Å². The third kappa shape index (κ3) is 4.82. The molecule has 0 aromatic rings. The van der Waals surface area contributed by atoms with Gasteiger partial charge >= 0.3 is 0 Å². The highest BCUT2D eigenvalue weighted by molar-refractivity contribution is 7.99. The minimum absolute atomic E-state index is 0.0591. The molecule has 0 aromatic heterocycles. The van der Waals surface area contributed by atoms with Crippen LogP contribution in [0.15, 0.2) is 0 Å². The van der Waals surface area contributed by atoms with Crippen molar-refractivity contribution in [2.75, 3.05) is 43.4 Å². The summed E-state index contributed by atoms with van der Waals surface area (Å²) in [6, 6.07) is 0. The van der Waals surface area contributed by atoms with E-state index in [9.17, 15) is 13.2 Å². The first-order valence-electron chi connectivity index (χ1n) is 7.22. The van der Waals surface area contributed by atoms with E-state index in [0.29, 0.717) is 26.1 Å². The number of nitrogens with zero attached hydrogens (tertiary/aromatic N) is 1. The molecule has 2 rings (SSSR count). The normalized spacial score (nSPS) is 27.7. The molecule has 0 unspecified atom stereocenters. The van der Waals surface area contributed by atoms with Gasteiger partial charge in [0.25, 0.3) is 0 Å². The SMILES string of the molecule is NC[C@H]1CC[C@@H](C(=O)NCCS(=O)(=O)N2CCSCC2)O1. The van der Waals surface area contributed by atoms with E-state index in [1.807, 2.05) is 0 Å². The molecule has 21 heavy (non-hydrogen) atoms. The van der Waals surface area contributed by atoms with Crippen molar-refractivity contribution in [3.63, 3.8) is 0 Å². The lowest BCUT2D eigenvalue weighted by Crippen LogP contribution is -2.43. The van der Waals surface area contributed by atoms with Crippen molar-refractivity contribution in [3.8, 4) is 0 Å². The zero-order valence-electron chi connectivity index (χ0n) is 12.0. The number of carbonyl (C=O) groups excluding carboxylic acids is 1. The Morgan fingerprint density at radius 3 is 2.67 bits per heavy atom. The molecule has 2 aliphatic rings. The summed E-state index contributed by atoms with van der Waals surface area (Å²) in [4.78, 5) is 11.9. The molecule has 7 nitrogen and oxygen atoms in total. The van der Waals surface area contributed by atoms with E-state index in [2.05, 4.69) is 5.32 Å². The highest BCUT2D eigenvalue weighted by atomic mass is 32.2. The fourth-order valence-electron chi connectivity index (χ4n) is 2.44. The number of carbonyl (C=O) groups is 1. The monoisotopic (exact) mass is 337 g/mol.